The lowest BCUT2D eigenvalue weighted by Crippen LogP contribution is -1.98. The largest absolute Gasteiger partial charge is 0.238 e. The molecule has 3 heteroatoms. The van der Waals surface area contributed by atoms with Crippen LogP contribution in [0.3, 0.4) is 0 Å². The van der Waals surface area contributed by atoms with Gasteiger partial charge < -0.3 is 0 Å². The predicted molar refractivity (Wildman–Crippen MR) is 59.6 cm³/mol. The fourth-order valence-electron chi connectivity index (χ4n) is 1.60. The molecule has 0 radical (unpaired) electrons. The molecular formula is C12H15FN2. The van der Waals surface area contributed by atoms with Gasteiger partial charge in [-0.2, -0.15) is 5.10 Å². The van der Waals surface area contributed by atoms with Gasteiger partial charge in [0, 0.05) is 11.6 Å². The van der Waals surface area contributed by atoms with Crippen LogP contribution >= 0.6 is 0 Å². The van der Waals surface area contributed by atoms with Crippen LogP contribution in [0.2, 0.25) is 0 Å². The van der Waals surface area contributed by atoms with Crippen LogP contribution in [0.1, 0.15) is 38.5 Å². The van der Waals surface area contributed by atoms with E-state index < -0.39 is 6.30 Å². The molecule has 1 atom stereocenters. The van der Waals surface area contributed by atoms with Crippen molar-refractivity contribution in [3.05, 3.63) is 30.0 Å². The van der Waals surface area contributed by atoms with Crippen LogP contribution in [-0.2, 0) is 0 Å². The number of benzene rings is 1. The van der Waals surface area contributed by atoms with E-state index in [2.05, 4.69) is 25.0 Å². The standard InChI is InChI=1S/C12H15FN2/c1-8(2)10-4-5-12-11(6-10)7-15(14-12)9(3)13/h4-9H,1-3H3. The van der Waals surface area contributed by atoms with E-state index in [1.165, 1.54) is 17.2 Å². The van der Waals surface area contributed by atoms with Gasteiger partial charge in [-0.05, 0) is 30.5 Å². The van der Waals surface area contributed by atoms with Gasteiger partial charge in [0.15, 0.2) is 6.30 Å². The fraction of sp³-hybridized carbons (Fsp3) is 0.417. The van der Waals surface area contributed by atoms with Crippen LogP contribution in [0, 0.1) is 0 Å². The first-order valence-corrected chi connectivity index (χ1v) is 5.21. The number of alkyl halides is 1. The van der Waals surface area contributed by atoms with Gasteiger partial charge in [-0.1, -0.05) is 19.9 Å². The van der Waals surface area contributed by atoms with Gasteiger partial charge in [0.1, 0.15) is 0 Å². The van der Waals surface area contributed by atoms with Crippen molar-refractivity contribution in [2.24, 2.45) is 0 Å². The van der Waals surface area contributed by atoms with Gasteiger partial charge >= 0.3 is 0 Å². The molecule has 2 rings (SSSR count). The Kier molecular flexibility index (Phi) is 2.47. The van der Waals surface area contributed by atoms with Crippen LogP contribution in [-0.4, -0.2) is 9.78 Å². The van der Waals surface area contributed by atoms with Crippen molar-refractivity contribution in [1.82, 2.24) is 9.78 Å². The Morgan fingerprint density at radius 2 is 2.00 bits per heavy atom. The van der Waals surface area contributed by atoms with Crippen LogP contribution in [0.15, 0.2) is 24.4 Å². The number of halogens is 1. The van der Waals surface area contributed by atoms with Gasteiger partial charge in [-0.3, -0.25) is 0 Å². The highest BCUT2D eigenvalue weighted by atomic mass is 19.1. The molecule has 1 aromatic carbocycles. The number of aromatic nitrogens is 2. The minimum atomic E-state index is -1.07. The molecule has 0 aliphatic carbocycles. The van der Waals surface area contributed by atoms with Crippen LogP contribution in [0.5, 0.6) is 0 Å². The SMILES string of the molecule is CC(C)c1ccc2nn(C(C)F)cc2c1. The maximum Gasteiger partial charge on any atom is 0.188 e. The summed E-state index contributed by atoms with van der Waals surface area (Å²) in [6.45, 7) is 5.77. The summed E-state index contributed by atoms with van der Waals surface area (Å²) in [4.78, 5) is 0. The van der Waals surface area contributed by atoms with Crippen molar-refractivity contribution in [1.29, 1.82) is 0 Å². The first-order valence-electron chi connectivity index (χ1n) is 5.21. The van der Waals surface area contributed by atoms with Crippen molar-refractivity contribution in [3.8, 4) is 0 Å². The van der Waals surface area contributed by atoms with Crippen LogP contribution in [0.4, 0.5) is 4.39 Å². The lowest BCUT2D eigenvalue weighted by molar-refractivity contribution is 0.247. The third-order valence-corrected chi connectivity index (χ3v) is 2.58. The molecule has 0 N–H and O–H groups in total. The summed E-state index contributed by atoms with van der Waals surface area (Å²) in [5, 5.41) is 5.16. The Labute approximate surface area is 88.7 Å². The second-order valence-corrected chi connectivity index (χ2v) is 4.16. The highest BCUT2D eigenvalue weighted by molar-refractivity contribution is 5.78. The minimum Gasteiger partial charge on any atom is -0.238 e. The summed E-state index contributed by atoms with van der Waals surface area (Å²) in [6.07, 6.45) is 0.686. The smallest absolute Gasteiger partial charge is 0.188 e. The van der Waals surface area contributed by atoms with Crippen LogP contribution < -0.4 is 0 Å². The Hall–Kier alpha value is -1.38. The topological polar surface area (TPSA) is 17.8 Å². The zero-order valence-corrected chi connectivity index (χ0v) is 9.24. The number of hydrogen-bond donors (Lipinski definition) is 0. The molecule has 0 spiro atoms. The van der Waals surface area contributed by atoms with E-state index in [0.717, 1.165) is 10.9 Å². The zero-order valence-electron chi connectivity index (χ0n) is 9.24. The number of fused-ring (bicyclic) bond motifs is 1. The third-order valence-electron chi connectivity index (χ3n) is 2.58. The van der Waals surface area contributed by atoms with Gasteiger partial charge in [0.05, 0.1) is 5.52 Å². The Morgan fingerprint density at radius 1 is 1.27 bits per heavy atom. The molecule has 0 aliphatic heterocycles. The van der Waals surface area contributed by atoms with Crippen molar-refractivity contribution in [2.45, 2.75) is 33.0 Å². The van der Waals surface area contributed by atoms with Gasteiger partial charge in [0.25, 0.3) is 0 Å². The van der Waals surface area contributed by atoms with E-state index in [1.54, 1.807) is 6.20 Å². The third kappa shape index (κ3) is 1.87. The second kappa shape index (κ2) is 3.65. The molecule has 1 unspecified atom stereocenters. The number of rotatable bonds is 2. The molecule has 0 saturated carbocycles. The van der Waals surface area contributed by atoms with E-state index in [0.29, 0.717) is 5.92 Å². The molecule has 0 fully saturated rings. The summed E-state index contributed by atoms with van der Waals surface area (Å²) in [7, 11) is 0. The summed E-state index contributed by atoms with van der Waals surface area (Å²) in [5.41, 5.74) is 2.11. The van der Waals surface area contributed by atoms with Crippen LogP contribution in [0.25, 0.3) is 10.9 Å². The average Bonchev–Trinajstić information content (AvgIpc) is 2.59. The van der Waals surface area contributed by atoms with Crippen molar-refractivity contribution in [2.75, 3.05) is 0 Å². The van der Waals surface area contributed by atoms with Crippen molar-refractivity contribution in [3.63, 3.8) is 0 Å². The monoisotopic (exact) mass is 206 g/mol. The Balaban J connectivity index is 2.52. The summed E-state index contributed by atoms with van der Waals surface area (Å²) in [6, 6.07) is 6.07. The second-order valence-electron chi connectivity index (χ2n) is 4.16. The predicted octanol–water partition coefficient (Wildman–Crippen LogP) is 3.65. The highest BCUT2D eigenvalue weighted by Gasteiger charge is 2.07. The van der Waals surface area contributed by atoms with E-state index in [4.69, 9.17) is 0 Å². The quantitative estimate of drug-likeness (QED) is 0.733. The average molecular weight is 206 g/mol. The van der Waals surface area contributed by atoms with E-state index in [9.17, 15) is 4.39 Å². The summed E-state index contributed by atoms with van der Waals surface area (Å²) in [5.74, 6) is 0.487. The first-order chi connectivity index (χ1) is 7.08. The molecular weight excluding hydrogens is 191 g/mol. The molecule has 80 valence electrons. The molecule has 0 bridgehead atoms. The Bertz CT molecular complexity index is 465. The number of nitrogens with zero attached hydrogens (tertiary/aromatic N) is 2. The summed E-state index contributed by atoms with van der Waals surface area (Å²) >= 11 is 0. The number of hydrogen-bond acceptors (Lipinski definition) is 1. The highest BCUT2D eigenvalue weighted by Crippen LogP contribution is 2.21. The van der Waals surface area contributed by atoms with Gasteiger partial charge in [0.2, 0.25) is 0 Å². The maximum absolute atomic E-state index is 13.0. The molecule has 0 aliphatic rings. The van der Waals surface area contributed by atoms with Crippen molar-refractivity contribution >= 4 is 10.9 Å². The maximum atomic E-state index is 13.0. The lowest BCUT2D eigenvalue weighted by Gasteiger charge is -2.03. The lowest BCUT2D eigenvalue weighted by atomic mass is 10.0. The summed E-state index contributed by atoms with van der Waals surface area (Å²) < 4.78 is 14.4. The fourth-order valence-corrected chi connectivity index (χ4v) is 1.60. The molecule has 2 aromatic rings. The van der Waals surface area contributed by atoms with Crippen molar-refractivity contribution < 1.29 is 4.39 Å². The molecule has 0 saturated heterocycles. The van der Waals surface area contributed by atoms with E-state index in [1.807, 2.05) is 12.1 Å². The minimum absolute atomic E-state index is 0.487. The molecule has 0 amide bonds. The molecule has 2 nitrogen and oxygen atoms in total. The van der Waals surface area contributed by atoms with E-state index in [-0.39, 0.29) is 0 Å². The molecule has 15 heavy (non-hydrogen) atoms. The molecule has 1 heterocycles. The van der Waals surface area contributed by atoms with Gasteiger partial charge in [-0.15, -0.1) is 0 Å². The molecule has 1 aromatic heterocycles. The van der Waals surface area contributed by atoms with Gasteiger partial charge in [-0.25, -0.2) is 9.07 Å². The zero-order chi connectivity index (χ0) is 11.0. The Morgan fingerprint density at radius 3 is 2.60 bits per heavy atom. The normalized spacial score (nSPS) is 13.7. The van der Waals surface area contributed by atoms with E-state index >= 15 is 0 Å². The first kappa shape index (κ1) is 10.1.